The Morgan fingerprint density at radius 2 is 2.00 bits per heavy atom. The summed E-state index contributed by atoms with van der Waals surface area (Å²) in [6.07, 6.45) is 0. The third-order valence-corrected chi connectivity index (χ3v) is 3.62. The highest BCUT2D eigenvalue weighted by atomic mass is 16.4. The summed E-state index contributed by atoms with van der Waals surface area (Å²) in [6, 6.07) is 12.9. The maximum absolute atomic E-state index is 11.1. The number of hydrogen-bond acceptors (Lipinski definition) is 3. The van der Waals surface area contributed by atoms with E-state index in [4.69, 9.17) is 0 Å². The molecule has 3 rings (SSSR count). The fourth-order valence-corrected chi connectivity index (χ4v) is 2.63. The van der Waals surface area contributed by atoms with Crippen LogP contribution in [-0.4, -0.2) is 30.3 Å². The van der Waals surface area contributed by atoms with Gasteiger partial charge in [-0.2, -0.15) is 5.10 Å². The third-order valence-electron chi connectivity index (χ3n) is 3.62. The van der Waals surface area contributed by atoms with Crippen LogP contribution in [-0.2, 0) is 6.54 Å². The van der Waals surface area contributed by atoms with Gasteiger partial charge in [-0.3, -0.25) is 5.10 Å². The predicted octanol–water partition coefficient (Wildman–Crippen LogP) is 0.238. The first-order valence-electron chi connectivity index (χ1n) is 7.13. The minimum Gasteiger partial charge on any atom is -0.545 e. The van der Waals surface area contributed by atoms with E-state index >= 15 is 0 Å². The van der Waals surface area contributed by atoms with Crippen molar-refractivity contribution in [3.63, 3.8) is 0 Å². The average molecular weight is 295 g/mol. The second-order valence-electron chi connectivity index (χ2n) is 5.66. The molecule has 0 unspecified atom stereocenters. The first-order valence-corrected chi connectivity index (χ1v) is 7.13. The first kappa shape index (κ1) is 14.3. The van der Waals surface area contributed by atoms with E-state index in [9.17, 15) is 9.90 Å². The molecule has 5 nitrogen and oxygen atoms in total. The van der Waals surface area contributed by atoms with Crippen molar-refractivity contribution in [2.45, 2.75) is 6.54 Å². The number of aromatic carboxylic acids is 1. The summed E-state index contributed by atoms with van der Waals surface area (Å²) in [4.78, 5) is 12.4. The number of H-pyrrole nitrogens is 1. The average Bonchev–Trinajstić information content (AvgIpc) is 2.90. The van der Waals surface area contributed by atoms with Gasteiger partial charge >= 0.3 is 0 Å². The number of carboxylic acids is 1. The van der Waals surface area contributed by atoms with Crippen LogP contribution in [0.25, 0.3) is 22.2 Å². The monoisotopic (exact) mass is 295 g/mol. The van der Waals surface area contributed by atoms with E-state index < -0.39 is 5.97 Å². The normalized spacial score (nSPS) is 11.2. The van der Waals surface area contributed by atoms with Crippen LogP contribution in [0.4, 0.5) is 0 Å². The Kier molecular flexibility index (Phi) is 3.65. The molecule has 0 fully saturated rings. The van der Waals surface area contributed by atoms with Crippen LogP contribution >= 0.6 is 0 Å². The number of carbonyl (C=O) groups excluding carboxylic acids is 1. The van der Waals surface area contributed by atoms with Crippen molar-refractivity contribution in [1.82, 2.24) is 10.2 Å². The molecule has 112 valence electrons. The van der Waals surface area contributed by atoms with Crippen molar-refractivity contribution in [2.24, 2.45) is 0 Å². The van der Waals surface area contributed by atoms with Crippen molar-refractivity contribution in [3.05, 3.63) is 53.6 Å². The molecule has 0 saturated heterocycles. The molecule has 5 heteroatoms. The summed E-state index contributed by atoms with van der Waals surface area (Å²) in [6.45, 7) is 0.866. The van der Waals surface area contributed by atoms with Crippen LogP contribution in [0.2, 0.25) is 0 Å². The quantitative estimate of drug-likeness (QED) is 0.724. The van der Waals surface area contributed by atoms with Crippen LogP contribution in [0.15, 0.2) is 42.5 Å². The Balaban J connectivity index is 2.18. The number of hydrogen-bond donors (Lipinski definition) is 2. The van der Waals surface area contributed by atoms with Crippen molar-refractivity contribution in [1.29, 1.82) is 0 Å². The standard InChI is InChI=1S/C17H17N3O2/c1-20(2)10-12-5-3-4-6-13(12)16-14-9-11(17(21)22)7-8-15(14)18-19-16/h3-9H,10H2,1-2H3,(H,18,19)(H,21,22). The van der Waals surface area contributed by atoms with Crippen molar-refractivity contribution in [3.8, 4) is 11.3 Å². The number of fused-ring (bicyclic) bond motifs is 1. The predicted molar refractivity (Wildman–Crippen MR) is 82.4 cm³/mol. The minimum atomic E-state index is -1.18. The molecule has 2 aromatic carbocycles. The Morgan fingerprint density at radius 1 is 1.23 bits per heavy atom. The van der Waals surface area contributed by atoms with E-state index in [2.05, 4.69) is 30.4 Å². The van der Waals surface area contributed by atoms with Gasteiger partial charge in [0.1, 0.15) is 12.2 Å². The highest BCUT2D eigenvalue weighted by Gasteiger charge is 2.14. The molecule has 1 aromatic heterocycles. The summed E-state index contributed by atoms with van der Waals surface area (Å²) in [5.41, 5.74) is 3.94. The Morgan fingerprint density at radius 3 is 2.73 bits per heavy atom. The molecule has 0 aliphatic carbocycles. The van der Waals surface area contributed by atoms with Gasteiger partial charge in [0.15, 0.2) is 0 Å². The smallest absolute Gasteiger partial charge is 0.103 e. The van der Waals surface area contributed by atoms with Gasteiger partial charge < -0.3 is 14.8 Å². The number of carbonyl (C=O) groups is 1. The fraction of sp³-hybridized carbons (Fsp3) is 0.176. The molecular weight excluding hydrogens is 278 g/mol. The van der Waals surface area contributed by atoms with Crippen LogP contribution in [0.3, 0.4) is 0 Å². The number of aromatic nitrogens is 2. The number of benzene rings is 2. The van der Waals surface area contributed by atoms with Crippen LogP contribution in [0.5, 0.6) is 0 Å². The van der Waals surface area contributed by atoms with Crippen molar-refractivity contribution in [2.75, 3.05) is 14.1 Å². The van der Waals surface area contributed by atoms with Gasteiger partial charge in [-0.1, -0.05) is 30.3 Å². The van der Waals surface area contributed by atoms with E-state index in [-0.39, 0.29) is 5.56 Å². The zero-order chi connectivity index (χ0) is 15.7. The summed E-state index contributed by atoms with van der Waals surface area (Å²) < 4.78 is 0. The minimum absolute atomic E-state index is 0.158. The maximum Gasteiger partial charge on any atom is 0.103 e. The zero-order valence-electron chi connectivity index (χ0n) is 12.5. The van der Waals surface area contributed by atoms with Gasteiger partial charge in [-0.25, -0.2) is 0 Å². The number of quaternary nitrogens is 1. The molecule has 0 amide bonds. The van der Waals surface area contributed by atoms with Gasteiger partial charge in [-0.05, 0) is 17.7 Å². The number of nitrogens with one attached hydrogen (secondary N) is 2. The molecule has 1 heterocycles. The molecule has 3 aromatic rings. The lowest BCUT2D eigenvalue weighted by molar-refractivity contribution is -0.872. The lowest BCUT2D eigenvalue weighted by Gasteiger charge is -2.11. The first-order chi connectivity index (χ1) is 10.6. The highest BCUT2D eigenvalue weighted by Crippen LogP contribution is 2.29. The van der Waals surface area contributed by atoms with Gasteiger partial charge in [0.2, 0.25) is 0 Å². The lowest BCUT2D eigenvalue weighted by atomic mass is 10.0. The molecule has 0 atom stereocenters. The van der Waals surface area contributed by atoms with Gasteiger partial charge in [0.05, 0.1) is 25.6 Å². The fourth-order valence-electron chi connectivity index (χ4n) is 2.63. The number of carboxylic acid groups (broad SMARTS) is 1. The highest BCUT2D eigenvalue weighted by molar-refractivity contribution is 5.98. The van der Waals surface area contributed by atoms with E-state index in [1.165, 1.54) is 16.5 Å². The van der Waals surface area contributed by atoms with Crippen molar-refractivity contribution >= 4 is 16.9 Å². The summed E-state index contributed by atoms with van der Waals surface area (Å²) >= 11 is 0. The Bertz CT molecular complexity index is 837. The molecule has 2 N–H and O–H groups in total. The lowest BCUT2D eigenvalue weighted by Crippen LogP contribution is -3.04. The second-order valence-corrected chi connectivity index (χ2v) is 5.66. The molecule has 0 radical (unpaired) electrons. The van der Waals surface area contributed by atoms with Gasteiger partial charge in [-0.15, -0.1) is 0 Å². The SMILES string of the molecule is C[NH+](C)Cc1ccccc1-c1n[nH]c2ccc(C(=O)[O-])cc12. The molecular formula is C17H17N3O2. The Hall–Kier alpha value is -2.66. The molecule has 0 saturated carbocycles. The van der Waals surface area contributed by atoms with Crippen LogP contribution in [0, 0.1) is 0 Å². The van der Waals surface area contributed by atoms with Crippen LogP contribution < -0.4 is 10.0 Å². The molecule has 0 bridgehead atoms. The Labute approximate surface area is 128 Å². The summed E-state index contributed by atoms with van der Waals surface area (Å²) in [7, 11) is 4.18. The molecule has 0 aliphatic rings. The molecule has 0 spiro atoms. The van der Waals surface area contributed by atoms with E-state index in [1.807, 2.05) is 18.2 Å². The van der Waals surface area contributed by atoms with E-state index in [1.54, 1.807) is 12.1 Å². The van der Waals surface area contributed by atoms with Gasteiger partial charge in [0, 0.05) is 16.5 Å². The maximum atomic E-state index is 11.1. The summed E-state index contributed by atoms with van der Waals surface area (Å²) in [5, 5.41) is 19.2. The third kappa shape index (κ3) is 2.58. The van der Waals surface area contributed by atoms with Crippen molar-refractivity contribution < 1.29 is 14.8 Å². The zero-order valence-corrected chi connectivity index (χ0v) is 12.5. The molecule has 0 aliphatic heterocycles. The van der Waals surface area contributed by atoms with Gasteiger partial charge in [0.25, 0.3) is 0 Å². The molecule has 22 heavy (non-hydrogen) atoms. The summed E-state index contributed by atoms with van der Waals surface area (Å²) in [5.74, 6) is -1.18. The second kappa shape index (κ2) is 5.61. The number of aromatic amines is 1. The van der Waals surface area contributed by atoms with E-state index in [0.717, 1.165) is 28.7 Å². The topological polar surface area (TPSA) is 73.2 Å². The largest absolute Gasteiger partial charge is 0.545 e. The number of nitrogens with zero attached hydrogens (tertiary/aromatic N) is 1. The van der Waals surface area contributed by atoms with Crippen LogP contribution in [0.1, 0.15) is 15.9 Å². The van der Waals surface area contributed by atoms with E-state index in [0.29, 0.717) is 0 Å². The number of rotatable bonds is 4.